The van der Waals surface area contributed by atoms with Gasteiger partial charge in [0, 0.05) is 38.9 Å². The third-order valence-electron chi connectivity index (χ3n) is 5.46. The molecule has 8 nitrogen and oxygen atoms in total. The monoisotopic (exact) mass is 433 g/mol. The molecule has 0 spiro atoms. The van der Waals surface area contributed by atoms with Gasteiger partial charge in [0.1, 0.15) is 27.2 Å². The Morgan fingerprint density at radius 3 is 2.53 bits per heavy atom. The summed E-state index contributed by atoms with van der Waals surface area (Å²) < 4.78 is 12.8. The van der Waals surface area contributed by atoms with E-state index in [2.05, 4.69) is 4.98 Å². The minimum absolute atomic E-state index is 0.0639. The van der Waals surface area contributed by atoms with Crippen molar-refractivity contribution in [3.63, 3.8) is 0 Å². The van der Waals surface area contributed by atoms with Crippen LogP contribution in [0.5, 0.6) is 0 Å². The van der Waals surface area contributed by atoms with Gasteiger partial charge < -0.3 is 14.4 Å². The van der Waals surface area contributed by atoms with Gasteiger partial charge in [0.05, 0.1) is 5.39 Å². The number of aryl methyl sites for hydroxylation is 2. The zero-order valence-electron chi connectivity index (χ0n) is 17.8. The van der Waals surface area contributed by atoms with Crippen LogP contribution in [-0.4, -0.2) is 51.3 Å². The molecular weight excluding hydrogens is 406 g/mol. The van der Waals surface area contributed by atoms with E-state index < -0.39 is 11.6 Å². The Balaban J connectivity index is 1.44. The molecule has 2 aliphatic rings. The molecular formula is C21H27N3O5S. The molecule has 0 bridgehead atoms. The molecule has 1 fully saturated rings. The van der Waals surface area contributed by atoms with Gasteiger partial charge in [0.2, 0.25) is 0 Å². The lowest BCUT2D eigenvalue weighted by atomic mass is 10.1. The summed E-state index contributed by atoms with van der Waals surface area (Å²) in [6, 6.07) is 0. The predicted octanol–water partition coefficient (Wildman–Crippen LogP) is 3.27. The lowest BCUT2D eigenvalue weighted by Gasteiger charge is -2.33. The van der Waals surface area contributed by atoms with Crippen LogP contribution in [0.2, 0.25) is 0 Å². The number of ether oxygens (including phenoxy) is 2. The molecule has 4 rings (SSSR count). The molecule has 2 aromatic heterocycles. The van der Waals surface area contributed by atoms with Crippen molar-refractivity contribution in [2.24, 2.45) is 0 Å². The van der Waals surface area contributed by atoms with Crippen molar-refractivity contribution < 1.29 is 19.1 Å². The van der Waals surface area contributed by atoms with Crippen molar-refractivity contribution in [2.75, 3.05) is 13.1 Å². The van der Waals surface area contributed by atoms with E-state index in [1.807, 2.05) is 20.8 Å². The molecule has 2 aromatic rings. The highest BCUT2D eigenvalue weighted by atomic mass is 32.1. The van der Waals surface area contributed by atoms with E-state index in [1.54, 1.807) is 16.4 Å². The molecule has 0 aromatic carbocycles. The van der Waals surface area contributed by atoms with Gasteiger partial charge in [-0.2, -0.15) is 0 Å². The number of esters is 1. The number of carbonyl (C=O) groups excluding carboxylic acids is 2. The number of nitrogens with zero attached hydrogens (tertiary/aromatic N) is 3. The topological polar surface area (TPSA) is 90.7 Å². The number of fused-ring (bicyclic) bond motifs is 2. The van der Waals surface area contributed by atoms with Crippen LogP contribution in [0.3, 0.4) is 0 Å². The number of hydrogen-bond acceptors (Lipinski definition) is 7. The maximum atomic E-state index is 12.8. The minimum Gasteiger partial charge on any atom is -0.458 e. The lowest BCUT2D eigenvalue weighted by Crippen LogP contribution is -2.43. The Labute approximate surface area is 178 Å². The summed E-state index contributed by atoms with van der Waals surface area (Å²) in [5.74, 6) is 0.374. The van der Waals surface area contributed by atoms with Gasteiger partial charge in [-0.1, -0.05) is 0 Å². The van der Waals surface area contributed by atoms with E-state index in [-0.39, 0.29) is 17.8 Å². The van der Waals surface area contributed by atoms with Crippen LogP contribution in [0.4, 0.5) is 4.79 Å². The van der Waals surface area contributed by atoms with E-state index in [4.69, 9.17) is 9.47 Å². The van der Waals surface area contributed by atoms with Crippen molar-refractivity contribution in [3.8, 4) is 0 Å². The molecule has 1 amide bonds. The molecule has 0 radical (unpaired) electrons. The fourth-order valence-corrected chi connectivity index (χ4v) is 5.03. The molecule has 162 valence electrons. The Morgan fingerprint density at radius 1 is 1.17 bits per heavy atom. The summed E-state index contributed by atoms with van der Waals surface area (Å²) in [7, 11) is 0. The van der Waals surface area contributed by atoms with Gasteiger partial charge in [0.15, 0.2) is 0 Å². The molecule has 30 heavy (non-hydrogen) atoms. The number of likely N-dealkylation sites (tertiary alicyclic amines) is 1. The Kier molecular flexibility index (Phi) is 5.34. The average molecular weight is 434 g/mol. The molecule has 2 aliphatic heterocycles. The normalized spacial score (nSPS) is 17.3. The number of thiophene rings is 1. The van der Waals surface area contributed by atoms with Crippen LogP contribution < -0.4 is 5.56 Å². The Hall–Kier alpha value is -2.42. The highest BCUT2D eigenvalue weighted by Crippen LogP contribution is 2.30. The molecule has 9 heteroatoms. The first kappa shape index (κ1) is 20.8. The van der Waals surface area contributed by atoms with Crippen LogP contribution >= 0.6 is 11.3 Å². The van der Waals surface area contributed by atoms with Crippen LogP contribution in [0.25, 0.3) is 10.2 Å². The van der Waals surface area contributed by atoms with Crippen LogP contribution in [0.1, 0.15) is 61.1 Å². The van der Waals surface area contributed by atoms with E-state index in [9.17, 15) is 14.4 Å². The summed E-state index contributed by atoms with van der Waals surface area (Å²) in [5, 5.41) is 0.525. The molecule has 0 N–H and O–H groups in total. The summed E-state index contributed by atoms with van der Waals surface area (Å²) in [4.78, 5) is 45.1. The zero-order chi connectivity index (χ0) is 21.6. The predicted molar refractivity (Wildman–Crippen MR) is 113 cm³/mol. The number of amides is 1. The van der Waals surface area contributed by atoms with Gasteiger partial charge in [-0.25, -0.2) is 14.6 Å². The molecule has 4 heterocycles. The Bertz CT molecular complexity index is 1060. The second-order valence-electron chi connectivity index (χ2n) is 8.90. The first-order valence-corrected chi connectivity index (χ1v) is 11.2. The summed E-state index contributed by atoms with van der Waals surface area (Å²) >= 11 is 1.23. The van der Waals surface area contributed by atoms with Gasteiger partial charge in [0.25, 0.3) is 5.56 Å². The van der Waals surface area contributed by atoms with E-state index in [0.717, 1.165) is 18.7 Å². The second-order valence-corrected chi connectivity index (χ2v) is 9.90. The molecule has 0 atom stereocenters. The van der Waals surface area contributed by atoms with E-state index >= 15 is 0 Å². The number of rotatable bonds is 2. The fraction of sp³-hybridized carbons (Fsp3) is 0.619. The van der Waals surface area contributed by atoms with Crippen molar-refractivity contribution in [1.29, 1.82) is 0 Å². The summed E-state index contributed by atoms with van der Waals surface area (Å²) in [6.45, 7) is 8.93. The number of piperidine rings is 1. The van der Waals surface area contributed by atoms with Crippen LogP contribution in [0.15, 0.2) is 4.79 Å². The molecule has 0 aliphatic carbocycles. The van der Waals surface area contributed by atoms with E-state index in [0.29, 0.717) is 53.1 Å². The average Bonchev–Trinajstić information content (AvgIpc) is 3.26. The van der Waals surface area contributed by atoms with Gasteiger partial charge in [-0.3, -0.25) is 9.36 Å². The molecule has 1 saturated heterocycles. The highest BCUT2D eigenvalue weighted by Gasteiger charge is 2.30. The number of aromatic nitrogens is 2. The van der Waals surface area contributed by atoms with E-state index in [1.165, 1.54) is 11.3 Å². The maximum absolute atomic E-state index is 12.8. The maximum Gasteiger partial charge on any atom is 0.410 e. The standard InChI is InChI=1S/C21H27N3O5S/c1-12-15-17(22-14-6-5-9-24(14)18(15)25)30-16(12)19(26)28-13-7-10-23(11-8-13)20(27)29-21(2,3)4/h13H,5-11H2,1-4H3. The lowest BCUT2D eigenvalue weighted by molar-refractivity contribution is -0.00316. The molecule has 0 saturated carbocycles. The second kappa shape index (κ2) is 7.68. The first-order chi connectivity index (χ1) is 14.1. The Morgan fingerprint density at radius 2 is 1.87 bits per heavy atom. The number of hydrogen-bond donors (Lipinski definition) is 0. The number of carbonyl (C=O) groups is 2. The molecule has 0 unspecified atom stereocenters. The third kappa shape index (κ3) is 3.95. The summed E-state index contributed by atoms with van der Waals surface area (Å²) in [5.41, 5.74) is 0.0448. The highest BCUT2D eigenvalue weighted by molar-refractivity contribution is 7.20. The fourth-order valence-electron chi connectivity index (χ4n) is 3.96. The van der Waals surface area contributed by atoms with Gasteiger partial charge in [-0.05, 0) is 39.7 Å². The quantitative estimate of drug-likeness (QED) is 0.675. The SMILES string of the molecule is Cc1c(C(=O)OC2CCN(C(=O)OC(C)(C)C)CC2)sc2nc3n(c(=O)c12)CCC3. The van der Waals surface area contributed by atoms with Gasteiger partial charge >= 0.3 is 12.1 Å². The van der Waals surface area contributed by atoms with Gasteiger partial charge in [-0.15, -0.1) is 11.3 Å². The third-order valence-corrected chi connectivity index (χ3v) is 6.63. The largest absolute Gasteiger partial charge is 0.458 e. The van der Waals surface area contributed by atoms with Crippen molar-refractivity contribution in [3.05, 3.63) is 26.6 Å². The van der Waals surface area contributed by atoms with Crippen LogP contribution in [-0.2, 0) is 22.4 Å². The smallest absolute Gasteiger partial charge is 0.410 e. The summed E-state index contributed by atoms with van der Waals surface area (Å²) in [6.07, 6.45) is 2.23. The first-order valence-electron chi connectivity index (χ1n) is 10.4. The van der Waals surface area contributed by atoms with Crippen molar-refractivity contribution in [2.45, 2.75) is 71.6 Å². The van der Waals surface area contributed by atoms with Crippen LogP contribution in [0, 0.1) is 6.92 Å². The zero-order valence-corrected chi connectivity index (χ0v) is 18.6. The van der Waals surface area contributed by atoms with Crippen molar-refractivity contribution in [1.82, 2.24) is 14.5 Å². The van der Waals surface area contributed by atoms with Crippen molar-refractivity contribution >= 4 is 33.6 Å². The minimum atomic E-state index is -0.536.